The first-order valence-electron chi connectivity index (χ1n) is 9.40. The van der Waals surface area contributed by atoms with Crippen molar-refractivity contribution in [3.8, 4) is 0 Å². The average Bonchev–Trinajstić information content (AvgIpc) is 3.34. The number of benzene rings is 1. The molecule has 1 unspecified atom stereocenters. The fraction of sp³-hybridized carbons (Fsp3) is 0.500. The monoisotopic (exact) mass is 390 g/mol. The second kappa shape index (κ2) is 7.34. The van der Waals surface area contributed by atoms with Crippen LogP contribution in [0.3, 0.4) is 0 Å². The van der Waals surface area contributed by atoms with Gasteiger partial charge >= 0.3 is 0 Å². The Morgan fingerprint density at radius 2 is 2.08 bits per heavy atom. The summed E-state index contributed by atoms with van der Waals surface area (Å²) in [6.07, 6.45) is 4.67. The number of hydrogen-bond acceptors (Lipinski definition) is 4. The van der Waals surface area contributed by atoms with E-state index in [1.165, 1.54) is 18.4 Å². The number of halogens is 2. The first-order chi connectivity index (χ1) is 12.6. The summed E-state index contributed by atoms with van der Waals surface area (Å²) >= 11 is 12.5. The highest BCUT2D eigenvalue weighted by molar-refractivity contribution is 6.36. The smallest absolute Gasteiger partial charge is 0.140 e. The molecule has 1 aromatic carbocycles. The van der Waals surface area contributed by atoms with Gasteiger partial charge in [-0.05, 0) is 63.3 Å². The topological polar surface area (TPSA) is 41.1 Å². The molecule has 4 nitrogen and oxygen atoms in total. The van der Waals surface area contributed by atoms with Gasteiger partial charge in [0.15, 0.2) is 0 Å². The Morgan fingerprint density at radius 1 is 1.27 bits per heavy atom. The summed E-state index contributed by atoms with van der Waals surface area (Å²) in [7, 11) is 0. The Morgan fingerprint density at radius 3 is 2.77 bits per heavy atom. The minimum Gasteiger partial charge on any atom is -0.324 e. The Hall–Kier alpha value is -1.36. The molecular weight excluding hydrogens is 367 g/mol. The number of aromatic nitrogens is 2. The van der Waals surface area contributed by atoms with Gasteiger partial charge in [-0.1, -0.05) is 30.1 Å². The fourth-order valence-corrected chi connectivity index (χ4v) is 4.19. The molecule has 1 saturated carbocycles. The van der Waals surface area contributed by atoms with Crippen LogP contribution in [0.4, 0.5) is 11.5 Å². The quantitative estimate of drug-likeness (QED) is 0.732. The zero-order valence-electron chi connectivity index (χ0n) is 15.2. The highest BCUT2D eigenvalue weighted by atomic mass is 35.5. The van der Waals surface area contributed by atoms with Crippen LogP contribution in [0.1, 0.15) is 49.3 Å². The Labute approximate surface area is 164 Å². The zero-order chi connectivity index (χ0) is 18.3. The molecule has 138 valence electrons. The summed E-state index contributed by atoms with van der Waals surface area (Å²) in [5.41, 5.74) is 3.36. The largest absolute Gasteiger partial charge is 0.324 e. The molecule has 1 aromatic heterocycles. The third-order valence-electron chi connectivity index (χ3n) is 5.26. The molecule has 1 N–H and O–H groups in total. The molecular formula is C20H24Cl2N4. The van der Waals surface area contributed by atoms with Crippen LogP contribution in [0.5, 0.6) is 0 Å². The van der Waals surface area contributed by atoms with Crippen molar-refractivity contribution >= 4 is 34.7 Å². The van der Waals surface area contributed by atoms with E-state index in [0.29, 0.717) is 10.0 Å². The summed E-state index contributed by atoms with van der Waals surface area (Å²) < 4.78 is 0. The van der Waals surface area contributed by atoms with E-state index in [4.69, 9.17) is 33.2 Å². The lowest BCUT2D eigenvalue weighted by molar-refractivity contribution is 0.488. The van der Waals surface area contributed by atoms with Gasteiger partial charge < -0.3 is 10.2 Å². The van der Waals surface area contributed by atoms with Crippen molar-refractivity contribution < 1.29 is 0 Å². The van der Waals surface area contributed by atoms with Crippen LogP contribution in [-0.2, 0) is 6.42 Å². The van der Waals surface area contributed by atoms with Crippen molar-refractivity contribution in [2.45, 2.75) is 45.6 Å². The molecule has 0 spiro atoms. The van der Waals surface area contributed by atoms with Gasteiger partial charge in [0, 0.05) is 23.2 Å². The van der Waals surface area contributed by atoms with Gasteiger partial charge in [0.25, 0.3) is 0 Å². The summed E-state index contributed by atoms with van der Waals surface area (Å²) in [5, 5.41) is 5.03. The normalized spacial score (nSPS) is 17.5. The molecule has 26 heavy (non-hydrogen) atoms. The van der Waals surface area contributed by atoms with Crippen LogP contribution in [0.15, 0.2) is 18.2 Å². The SMILES string of the molecule is CCC(NCC1CC1)c1nc(C)nc2c1CCN2c1ccc(Cl)cc1Cl. The maximum atomic E-state index is 6.46. The van der Waals surface area contributed by atoms with Crippen molar-refractivity contribution in [2.75, 3.05) is 18.0 Å². The molecule has 1 fully saturated rings. The van der Waals surface area contributed by atoms with Crippen LogP contribution in [-0.4, -0.2) is 23.1 Å². The van der Waals surface area contributed by atoms with E-state index in [-0.39, 0.29) is 6.04 Å². The Kier molecular flexibility index (Phi) is 5.09. The fourth-order valence-electron chi connectivity index (χ4n) is 3.68. The molecule has 0 saturated heterocycles. The molecule has 0 amide bonds. The lowest BCUT2D eigenvalue weighted by atomic mass is 10.0. The van der Waals surface area contributed by atoms with Crippen molar-refractivity contribution in [1.82, 2.24) is 15.3 Å². The van der Waals surface area contributed by atoms with Crippen molar-refractivity contribution in [2.24, 2.45) is 5.92 Å². The lowest BCUT2D eigenvalue weighted by Gasteiger charge is -2.22. The second-order valence-corrected chi connectivity index (χ2v) is 8.11. The maximum Gasteiger partial charge on any atom is 0.140 e. The van der Waals surface area contributed by atoms with Crippen molar-refractivity contribution in [3.63, 3.8) is 0 Å². The third kappa shape index (κ3) is 3.55. The molecule has 0 radical (unpaired) electrons. The number of rotatable bonds is 6. The summed E-state index contributed by atoms with van der Waals surface area (Å²) in [6.45, 7) is 6.14. The number of fused-ring (bicyclic) bond motifs is 1. The van der Waals surface area contributed by atoms with Crippen LogP contribution in [0.2, 0.25) is 10.0 Å². The van der Waals surface area contributed by atoms with Crippen molar-refractivity contribution in [1.29, 1.82) is 0 Å². The van der Waals surface area contributed by atoms with E-state index in [0.717, 1.165) is 54.9 Å². The lowest BCUT2D eigenvalue weighted by Crippen LogP contribution is -2.25. The predicted molar refractivity (Wildman–Crippen MR) is 108 cm³/mol. The average molecular weight is 391 g/mol. The molecule has 1 atom stereocenters. The van der Waals surface area contributed by atoms with E-state index in [1.807, 2.05) is 19.1 Å². The number of nitrogens with one attached hydrogen (secondary N) is 1. The first kappa shape index (κ1) is 18.0. The number of hydrogen-bond donors (Lipinski definition) is 1. The van der Waals surface area contributed by atoms with Crippen LogP contribution in [0, 0.1) is 12.8 Å². The molecule has 4 rings (SSSR count). The van der Waals surface area contributed by atoms with E-state index >= 15 is 0 Å². The van der Waals surface area contributed by atoms with Crippen LogP contribution >= 0.6 is 23.2 Å². The maximum absolute atomic E-state index is 6.46. The number of nitrogens with zero attached hydrogens (tertiary/aromatic N) is 3. The Balaban J connectivity index is 1.69. The van der Waals surface area contributed by atoms with Gasteiger partial charge in [-0.15, -0.1) is 0 Å². The summed E-state index contributed by atoms with van der Waals surface area (Å²) in [6, 6.07) is 5.92. The van der Waals surface area contributed by atoms with E-state index in [2.05, 4.69) is 17.1 Å². The molecule has 2 aromatic rings. The minimum atomic E-state index is 0.284. The first-order valence-corrected chi connectivity index (χ1v) is 10.2. The number of anilines is 2. The van der Waals surface area contributed by atoms with Gasteiger partial charge in [-0.3, -0.25) is 0 Å². The van der Waals surface area contributed by atoms with Gasteiger partial charge in [0.2, 0.25) is 0 Å². The minimum absolute atomic E-state index is 0.284. The molecule has 2 heterocycles. The molecule has 0 bridgehead atoms. The molecule has 2 aliphatic rings. The van der Waals surface area contributed by atoms with E-state index < -0.39 is 0 Å². The second-order valence-electron chi connectivity index (χ2n) is 7.27. The van der Waals surface area contributed by atoms with E-state index in [1.54, 1.807) is 6.07 Å². The van der Waals surface area contributed by atoms with Crippen LogP contribution in [0.25, 0.3) is 0 Å². The van der Waals surface area contributed by atoms with Gasteiger partial charge in [-0.25, -0.2) is 9.97 Å². The number of aryl methyl sites for hydroxylation is 1. The summed E-state index contributed by atoms with van der Waals surface area (Å²) in [5.74, 6) is 2.65. The van der Waals surface area contributed by atoms with Gasteiger partial charge in [0.05, 0.1) is 16.4 Å². The zero-order valence-corrected chi connectivity index (χ0v) is 16.7. The standard InChI is InChI=1S/C20H24Cl2N4/c1-3-17(23-11-13-4-5-13)19-15-8-9-26(20(15)25-12(2)24-19)18-7-6-14(21)10-16(18)22/h6-7,10,13,17,23H,3-5,8-9,11H2,1-2H3. The Bertz CT molecular complexity index is 820. The van der Waals surface area contributed by atoms with E-state index in [9.17, 15) is 0 Å². The van der Waals surface area contributed by atoms with Gasteiger partial charge in [-0.2, -0.15) is 0 Å². The predicted octanol–water partition coefficient (Wildman–Crippen LogP) is 5.24. The van der Waals surface area contributed by atoms with Crippen LogP contribution < -0.4 is 10.2 Å². The molecule has 1 aliphatic heterocycles. The summed E-state index contributed by atoms with van der Waals surface area (Å²) in [4.78, 5) is 11.8. The van der Waals surface area contributed by atoms with Crippen molar-refractivity contribution in [3.05, 3.63) is 45.3 Å². The highest BCUT2D eigenvalue weighted by Crippen LogP contribution is 2.40. The molecule has 1 aliphatic carbocycles. The molecule has 6 heteroatoms. The highest BCUT2D eigenvalue weighted by Gasteiger charge is 2.30. The third-order valence-corrected chi connectivity index (χ3v) is 5.80. The van der Waals surface area contributed by atoms with Gasteiger partial charge in [0.1, 0.15) is 11.6 Å².